The van der Waals surface area contributed by atoms with Crippen LogP contribution in [0.25, 0.3) is 0 Å². The Balaban J connectivity index is 0.000000339. The van der Waals surface area contributed by atoms with Gasteiger partial charge in [0.05, 0.1) is 30.5 Å². The molecule has 0 saturated carbocycles. The number of hydrogen-bond donors (Lipinski definition) is 1. The molecule has 31 heavy (non-hydrogen) atoms. The molecule has 2 aliphatic heterocycles. The third kappa shape index (κ3) is 6.02. The predicted molar refractivity (Wildman–Crippen MR) is 105 cm³/mol. The zero-order chi connectivity index (χ0) is 22.4. The zero-order valence-corrected chi connectivity index (χ0v) is 17.1. The molecule has 2 aromatic heterocycles. The molecule has 0 unspecified atom stereocenters. The maximum atomic E-state index is 12.8. The average molecular weight is 458 g/mol. The van der Waals surface area contributed by atoms with E-state index in [1.807, 2.05) is 39.9 Å². The Morgan fingerprint density at radius 2 is 2.10 bits per heavy atom. The molecule has 2 fully saturated rings. The van der Waals surface area contributed by atoms with Gasteiger partial charge in [0.2, 0.25) is 0 Å². The second kappa shape index (κ2) is 10.2. The number of carboxylic acid groups (broad SMARTS) is 1. The third-order valence-electron chi connectivity index (χ3n) is 4.92. The standard InChI is InChI=1S/C18H20N2O3S.C2HF3O2/c21-18(13-6-9-24-12-13)20-10-16(17-15(20)5-3-8-22-17)23-11-14-4-1-2-7-19-14;3-2(4,5)1(6)7/h1-2,4,6-7,9,12,15-17H,3,5,8,10-11H2;(H,6,7)/t15-,16-,17+;/m1./s1. The molecular formula is C20H21F3N2O5S. The van der Waals surface area contributed by atoms with Crippen LogP contribution in [-0.2, 0) is 20.9 Å². The van der Waals surface area contributed by atoms with Crippen LogP contribution in [0.15, 0.2) is 41.2 Å². The summed E-state index contributed by atoms with van der Waals surface area (Å²) in [5.41, 5.74) is 1.65. The molecule has 11 heteroatoms. The highest BCUT2D eigenvalue weighted by molar-refractivity contribution is 7.08. The molecule has 0 bridgehead atoms. The van der Waals surface area contributed by atoms with Gasteiger partial charge in [-0.1, -0.05) is 6.07 Å². The number of aromatic nitrogens is 1. The lowest BCUT2D eigenvalue weighted by atomic mass is 10.0. The fourth-order valence-electron chi connectivity index (χ4n) is 3.52. The maximum Gasteiger partial charge on any atom is 0.490 e. The number of likely N-dealkylation sites (tertiary alicyclic amines) is 1. The first kappa shape index (κ1) is 23.2. The average Bonchev–Trinajstić information content (AvgIpc) is 3.41. The van der Waals surface area contributed by atoms with Crippen molar-refractivity contribution < 1.29 is 37.3 Å². The Kier molecular flexibility index (Phi) is 7.63. The highest BCUT2D eigenvalue weighted by atomic mass is 32.1. The molecule has 0 aliphatic carbocycles. The van der Waals surface area contributed by atoms with Crippen molar-refractivity contribution in [3.63, 3.8) is 0 Å². The van der Waals surface area contributed by atoms with E-state index in [0.29, 0.717) is 13.2 Å². The van der Waals surface area contributed by atoms with E-state index in [2.05, 4.69) is 4.98 Å². The van der Waals surface area contributed by atoms with Crippen LogP contribution >= 0.6 is 11.3 Å². The molecule has 2 saturated heterocycles. The number of fused-ring (bicyclic) bond motifs is 1. The Bertz CT molecular complexity index is 863. The quantitative estimate of drug-likeness (QED) is 0.756. The fourth-order valence-corrected chi connectivity index (χ4v) is 4.15. The molecule has 1 amide bonds. The number of nitrogens with zero attached hydrogens (tertiary/aromatic N) is 2. The van der Waals surface area contributed by atoms with Crippen LogP contribution in [-0.4, -0.2) is 64.4 Å². The Labute approximate surface area is 180 Å². The minimum absolute atomic E-state index is 0.0370. The summed E-state index contributed by atoms with van der Waals surface area (Å²) in [6, 6.07) is 7.78. The normalized spacial score (nSPS) is 22.9. The number of hydrogen-bond acceptors (Lipinski definition) is 6. The highest BCUT2D eigenvalue weighted by Gasteiger charge is 2.46. The van der Waals surface area contributed by atoms with Crippen molar-refractivity contribution in [2.75, 3.05) is 13.2 Å². The molecular weight excluding hydrogens is 437 g/mol. The monoisotopic (exact) mass is 458 g/mol. The summed E-state index contributed by atoms with van der Waals surface area (Å²) in [6.45, 7) is 1.76. The maximum absolute atomic E-state index is 12.8. The summed E-state index contributed by atoms with van der Waals surface area (Å²) in [5, 5.41) is 11.0. The Hall–Kier alpha value is -2.50. The van der Waals surface area contributed by atoms with Crippen LogP contribution in [0.5, 0.6) is 0 Å². The van der Waals surface area contributed by atoms with Crippen LogP contribution in [0.2, 0.25) is 0 Å². The van der Waals surface area contributed by atoms with Crippen molar-refractivity contribution >= 4 is 23.2 Å². The smallest absolute Gasteiger partial charge is 0.475 e. The Morgan fingerprint density at radius 1 is 1.32 bits per heavy atom. The van der Waals surface area contributed by atoms with Crippen LogP contribution in [0.1, 0.15) is 28.9 Å². The van der Waals surface area contributed by atoms with Gasteiger partial charge in [0, 0.05) is 18.2 Å². The lowest BCUT2D eigenvalue weighted by Gasteiger charge is -2.32. The van der Waals surface area contributed by atoms with Crippen molar-refractivity contribution in [3.05, 3.63) is 52.5 Å². The van der Waals surface area contributed by atoms with Gasteiger partial charge < -0.3 is 19.5 Å². The van der Waals surface area contributed by atoms with Crippen molar-refractivity contribution in [3.8, 4) is 0 Å². The van der Waals surface area contributed by atoms with Gasteiger partial charge in [0.15, 0.2) is 0 Å². The molecule has 0 aromatic carbocycles. The lowest BCUT2D eigenvalue weighted by molar-refractivity contribution is -0.192. The summed E-state index contributed by atoms with van der Waals surface area (Å²) in [6.07, 6.45) is -1.49. The second-order valence-electron chi connectivity index (χ2n) is 6.99. The number of pyridine rings is 1. The molecule has 4 rings (SSSR count). The number of carbonyl (C=O) groups excluding carboxylic acids is 1. The molecule has 168 valence electrons. The van der Waals surface area contributed by atoms with Gasteiger partial charge in [-0.2, -0.15) is 24.5 Å². The van der Waals surface area contributed by atoms with Gasteiger partial charge >= 0.3 is 12.1 Å². The van der Waals surface area contributed by atoms with Crippen molar-refractivity contribution in [1.29, 1.82) is 0 Å². The lowest BCUT2D eigenvalue weighted by Crippen LogP contribution is -2.43. The van der Waals surface area contributed by atoms with Crippen LogP contribution in [0.4, 0.5) is 13.2 Å². The van der Waals surface area contributed by atoms with Crippen LogP contribution in [0.3, 0.4) is 0 Å². The molecule has 2 aromatic rings. The van der Waals surface area contributed by atoms with E-state index in [0.717, 1.165) is 30.7 Å². The number of thiophene rings is 1. The van der Waals surface area contributed by atoms with E-state index in [1.165, 1.54) is 0 Å². The van der Waals surface area contributed by atoms with Crippen molar-refractivity contribution in [2.24, 2.45) is 0 Å². The number of ether oxygens (including phenoxy) is 2. The summed E-state index contributed by atoms with van der Waals surface area (Å²) in [4.78, 5) is 27.9. The summed E-state index contributed by atoms with van der Waals surface area (Å²) in [7, 11) is 0. The highest BCUT2D eigenvalue weighted by Crippen LogP contribution is 2.32. The first-order chi connectivity index (χ1) is 14.8. The van der Waals surface area contributed by atoms with Crippen LogP contribution < -0.4 is 0 Å². The van der Waals surface area contributed by atoms with E-state index in [4.69, 9.17) is 19.4 Å². The summed E-state index contributed by atoms with van der Waals surface area (Å²) in [5.74, 6) is -2.67. The minimum Gasteiger partial charge on any atom is -0.475 e. The second-order valence-corrected chi connectivity index (χ2v) is 7.77. The Morgan fingerprint density at radius 3 is 2.71 bits per heavy atom. The third-order valence-corrected chi connectivity index (χ3v) is 5.60. The van der Waals surface area contributed by atoms with Gasteiger partial charge in [-0.25, -0.2) is 4.79 Å². The molecule has 2 aliphatic rings. The van der Waals surface area contributed by atoms with Crippen LogP contribution in [0, 0.1) is 0 Å². The van der Waals surface area contributed by atoms with Gasteiger partial charge in [-0.05, 0) is 36.4 Å². The first-order valence-electron chi connectivity index (χ1n) is 9.53. The number of alkyl halides is 3. The number of amides is 1. The SMILES string of the molecule is O=C(O)C(F)(F)F.O=C(c1ccsc1)N1C[C@@H](OCc2ccccn2)[C@H]2OCCC[C@H]21. The number of halogens is 3. The van der Waals surface area contributed by atoms with E-state index in [9.17, 15) is 18.0 Å². The zero-order valence-electron chi connectivity index (χ0n) is 16.3. The number of carbonyl (C=O) groups is 2. The number of carboxylic acids is 1. The fraction of sp³-hybridized carbons (Fsp3) is 0.450. The largest absolute Gasteiger partial charge is 0.490 e. The van der Waals surface area contributed by atoms with E-state index < -0.39 is 12.1 Å². The molecule has 7 nitrogen and oxygen atoms in total. The number of rotatable bonds is 4. The van der Waals surface area contributed by atoms with Crippen molar-refractivity contribution in [1.82, 2.24) is 9.88 Å². The first-order valence-corrected chi connectivity index (χ1v) is 10.5. The van der Waals surface area contributed by atoms with E-state index in [-0.39, 0.29) is 24.2 Å². The predicted octanol–water partition coefficient (Wildman–Crippen LogP) is 3.37. The van der Waals surface area contributed by atoms with Crippen molar-refractivity contribution in [2.45, 2.75) is 43.9 Å². The van der Waals surface area contributed by atoms with Gasteiger partial charge in [-0.3, -0.25) is 9.78 Å². The van der Waals surface area contributed by atoms with E-state index >= 15 is 0 Å². The summed E-state index contributed by atoms with van der Waals surface area (Å²) >= 11 is 1.55. The van der Waals surface area contributed by atoms with E-state index in [1.54, 1.807) is 17.5 Å². The molecule has 1 N–H and O–H groups in total. The number of aliphatic carboxylic acids is 1. The summed E-state index contributed by atoms with van der Waals surface area (Å²) < 4.78 is 43.8. The van der Waals surface area contributed by atoms with Gasteiger partial charge in [-0.15, -0.1) is 0 Å². The molecule has 4 heterocycles. The molecule has 0 spiro atoms. The van der Waals surface area contributed by atoms with Gasteiger partial charge in [0.25, 0.3) is 5.91 Å². The molecule has 0 radical (unpaired) electrons. The topological polar surface area (TPSA) is 89.0 Å². The minimum atomic E-state index is -5.08. The molecule has 3 atom stereocenters. The van der Waals surface area contributed by atoms with Gasteiger partial charge in [0.1, 0.15) is 12.2 Å².